The normalized spacial score (nSPS) is 25.5. The van der Waals surface area contributed by atoms with E-state index in [-0.39, 0.29) is 11.8 Å². The lowest BCUT2D eigenvalue weighted by Crippen LogP contribution is -2.29. The Balaban J connectivity index is 1.48. The standard InChI is InChI=1S/C19H21N3O/c1-22(19(23)18-14-9-5-6-10-15(14)18)17-12-11-16(20-21-17)13-7-3-2-4-8-13/h2-4,7-8,11-12,14-15,18H,5-6,9-10H2,1H3/t14-,15+,18?. The average Bonchev–Trinajstić information content (AvgIpc) is 3.36. The number of hydrogen-bond donors (Lipinski definition) is 0. The van der Waals surface area contributed by atoms with Crippen molar-refractivity contribution in [1.82, 2.24) is 10.2 Å². The van der Waals surface area contributed by atoms with Gasteiger partial charge in [-0.1, -0.05) is 43.2 Å². The fourth-order valence-corrected chi connectivity index (χ4v) is 3.96. The summed E-state index contributed by atoms with van der Waals surface area (Å²) in [6.45, 7) is 0. The van der Waals surface area contributed by atoms with E-state index in [1.165, 1.54) is 25.7 Å². The maximum atomic E-state index is 12.7. The van der Waals surface area contributed by atoms with E-state index in [0.29, 0.717) is 17.7 Å². The number of benzene rings is 1. The molecular formula is C19H21N3O. The Bertz CT molecular complexity index is 686. The molecule has 0 spiro atoms. The third-order valence-electron chi connectivity index (χ3n) is 5.34. The van der Waals surface area contributed by atoms with Crippen LogP contribution in [0, 0.1) is 17.8 Å². The molecule has 2 aromatic rings. The zero-order chi connectivity index (χ0) is 15.8. The van der Waals surface area contributed by atoms with Gasteiger partial charge in [0.1, 0.15) is 0 Å². The first kappa shape index (κ1) is 14.4. The van der Waals surface area contributed by atoms with E-state index >= 15 is 0 Å². The average molecular weight is 307 g/mol. The second-order valence-corrected chi connectivity index (χ2v) is 6.68. The summed E-state index contributed by atoms with van der Waals surface area (Å²) in [4.78, 5) is 14.4. The van der Waals surface area contributed by atoms with Crippen LogP contribution < -0.4 is 4.90 Å². The molecule has 0 N–H and O–H groups in total. The van der Waals surface area contributed by atoms with Gasteiger partial charge in [0.25, 0.3) is 0 Å². The van der Waals surface area contributed by atoms with Gasteiger partial charge in [0.15, 0.2) is 5.82 Å². The first-order chi connectivity index (χ1) is 11.3. The first-order valence-corrected chi connectivity index (χ1v) is 8.42. The van der Waals surface area contributed by atoms with Crippen LogP contribution in [0.2, 0.25) is 0 Å². The summed E-state index contributed by atoms with van der Waals surface area (Å²) in [6.07, 6.45) is 4.99. The van der Waals surface area contributed by atoms with Gasteiger partial charge in [-0.3, -0.25) is 9.69 Å². The summed E-state index contributed by atoms with van der Waals surface area (Å²) in [6, 6.07) is 13.8. The molecule has 23 heavy (non-hydrogen) atoms. The quantitative estimate of drug-likeness (QED) is 0.871. The summed E-state index contributed by atoms with van der Waals surface area (Å²) in [5, 5.41) is 8.54. The molecule has 2 aliphatic carbocycles. The zero-order valence-corrected chi connectivity index (χ0v) is 13.4. The highest BCUT2D eigenvalue weighted by Gasteiger charge is 2.55. The maximum Gasteiger partial charge on any atom is 0.231 e. The highest BCUT2D eigenvalue weighted by atomic mass is 16.2. The molecule has 1 heterocycles. The third kappa shape index (κ3) is 2.62. The lowest BCUT2D eigenvalue weighted by atomic mass is 10.0. The Labute approximate surface area is 136 Å². The summed E-state index contributed by atoms with van der Waals surface area (Å²) < 4.78 is 0. The van der Waals surface area contributed by atoms with E-state index in [1.54, 1.807) is 4.90 Å². The molecule has 0 radical (unpaired) electrons. The van der Waals surface area contributed by atoms with Crippen LogP contribution >= 0.6 is 0 Å². The van der Waals surface area contributed by atoms with Gasteiger partial charge >= 0.3 is 0 Å². The van der Waals surface area contributed by atoms with Crippen molar-refractivity contribution in [3.63, 3.8) is 0 Å². The molecule has 4 heteroatoms. The third-order valence-corrected chi connectivity index (χ3v) is 5.34. The van der Waals surface area contributed by atoms with Gasteiger partial charge in [0, 0.05) is 18.5 Å². The van der Waals surface area contributed by atoms with Crippen LogP contribution in [0.1, 0.15) is 25.7 Å². The predicted octanol–water partition coefficient (Wildman–Crippen LogP) is 3.54. The molecule has 0 aliphatic heterocycles. The molecule has 1 aromatic carbocycles. The number of amides is 1. The number of anilines is 1. The van der Waals surface area contributed by atoms with Gasteiger partial charge in [-0.15, -0.1) is 10.2 Å². The van der Waals surface area contributed by atoms with Crippen LogP contribution in [0.5, 0.6) is 0 Å². The smallest absolute Gasteiger partial charge is 0.231 e. The largest absolute Gasteiger partial charge is 0.298 e. The van der Waals surface area contributed by atoms with Crippen molar-refractivity contribution in [1.29, 1.82) is 0 Å². The Kier molecular flexibility index (Phi) is 3.60. The number of rotatable bonds is 3. The van der Waals surface area contributed by atoms with Crippen LogP contribution in [0.25, 0.3) is 11.3 Å². The Hall–Kier alpha value is -2.23. The van der Waals surface area contributed by atoms with Gasteiger partial charge in [-0.2, -0.15) is 0 Å². The van der Waals surface area contributed by atoms with Gasteiger partial charge in [0.05, 0.1) is 5.69 Å². The molecular weight excluding hydrogens is 286 g/mol. The Morgan fingerprint density at radius 1 is 1.00 bits per heavy atom. The van der Waals surface area contributed by atoms with E-state index in [9.17, 15) is 4.79 Å². The number of nitrogens with zero attached hydrogens (tertiary/aromatic N) is 3. The highest BCUT2D eigenvalue weighted by molar-refractivity contribution is 5.96. The minimum absolute atomic E-state index is 0.212. The van der Waals surface area contributed by atoms with Gasteiger partial charge in [-0.05, 0) is 36.8 Å². The van der Waals surface area contributed by atoms with Crippen molar-refractivity contribution in [3.05, 3.63) is 42.5 Å². The van der Waals surface area contributed by atoms with Crippen LogP contribution in [-0.4, -0.2) is 23.2 Å². The SMILES string of the molecule is CN(C(=O)C1[C@H]2CCCC[C@@H]12)c1ccc(-c2ccccc2)nn1. The molecule has 1 amide bonds. The number of hydrogen-bond acceptors (Lipinski definition) is 3. The Morgan fingerprint density at radius 2 is 1.70 bits per heavy atom. The van der Waals surface area contributed by atoms with E-state index in [1.807, 2.05) is 49.5 Å². The van der Waals surface area contributed by atoms with E-state index in [4.69, 9.17) is 0 Å². The van der Waals surface area contributed by atoms with Crippen molar-refractivity contribution in [3.8, 4) is 11.3 Å². The van der Waals surface area contributed by atoms with E-state index in [0.717, 1.165) is 11.3 Å². The fraction of sp³-hybridized carbons (Fsp3) is 0.421. The van der Waals surface area contributed by atoms with Crippen molar-refractivity contribution in [2.75, 3.05) is 11.9 Å². The molecule has 2 aliphatic rings. The van der Waals surface area contributed by atoms with Gasteiger partial charge in [0.2, 0.25) is 5.91 Å². The number of aromatic nitrogens is 2. The Morgan fingerprint density at radius 3 is 2.30 bits per heavy atom. The van der Waals surface area contributed by atoms with Crippen molar-refractivity contribution >= 4 is 11.7 Å². The molecule has 1 unspecified atom stereocenters. The van der Waals surface area contributed by atoms with E-state index in [2.05, 4.69) is 10.2 Å². The molecule has 2 saturated carbocycles. The molecule has 0 saturated heterocycles. The summed E-state index contributed by atoms with van der Waals surface area (Å²) in [7, 11) is 1.82. The van der Waals surface area contributed by atoms with Crippen LogP contribution in [0.15, 0.2) is 42.5 Å². The minimum Gasteiger partial charge on any atom is -0.298 e. The molecule has 0 bridgehead atoms. The summed E-state index contributed by atoms with van der Waals surface area (Å²) >= 11 is 0. The molecule has 118 valence electrons. The topological polar surface area (TPSA) is 46.1 Å². The molecule has 3 atom stereocenters. The van der Waals surface area contributed by atoms with E-state index < -0.39 is 0 Å². The van der Waals surface area contributed by atoms with Crippen molar-refractivity contribution < 1.29 is 4.79 Å². The lowest BCUT2D eigenvalue weighted by Gasteiger charge is -2.16. The summed E-state index contributed by atoms with van der Waals surface area (Å²) in [5.74, 6) is 2.31. The van der Waals surface area contributed by atoms with Gasteiger partial charge in [-0.25, -0.2) is 0 Å². The minimum atomic E-state index is 0.212. The van der Waals surface area contributed by atoms with Gasteiger partial charge < -0.3 is 0 Å². The highest BCUT2D eigenvalue weighted by Crippen LogP contribution is 2.56. The number of fused-ring (bicyclic) bond motifs is 1. The second kappa shape index (κ2) is 5.76. The fourth-order valence-electron chi connectivity index (χ4n) is 3.96. The van der Waals surface area contributed by atoms with Crippen LogP contribution in [-0.2, 0) is 4.79 Å². The van der Waals surface area contributed by atoms with Crippen molar-refractivity contribution in [2.45, 2.75) is 25.7 Å². The maximum absolute atomic E-state index is 12.7. The first-order valence-electron chi connectivity index (χ1n) is 8.42. The molecule has 4 nitrogen and oxygen atoms in total. The zero-order valence-electron chi connectivity index (χ0n) is 13.4. The molecule has 4 rings (SSSR count). The molecule has 2 fully saturated rings. The van der Waals surface area contributed by atoms with Crippen LogP contribution in [0.4, 0.5) is 5.82 Å². The number of carbonyl (C=O) groups excluding carboxylic acids is 1. The predicted molar refractivity (Wildman–Crippen MR) is 89.8 cm³/mol. The lowest BCUT2D eigenvalue weighted by molar-refractivity contribution is -0.120. The monoisotopic (exact) mass is 307 g/mol. The van der Waals surface area contributed by atoms with Crippen LogP contribution in [0.3, 0.4) is 0 Å². The summed E-state index contributed by atoms with van der Waals surface area (Å²) in [5.41, 5.74) is 1.86. The second-order valence-electron chi connectivity index (χ2n) is 6.68. The van der Waals surface area contributed by atoms with Crippen molar-refractivity contribution in [2.24, 2.45) is 17.8 Å². The number of carbonyl (C=O) groups is 1. The molecule has 1 aromatic heterocycles.